The fourth-order valence-corrected chi connectivity index (χ4v) is 2.62. The average Bonchev–Trinajstić information content (AvgIpc) is 2.71. The molecule has 0 fully saturated rings. The molecule has 0 atom stereocenters. The van der Waals surface area contributed by atoms with E-state index in [0.29, 0.717) is 0 Å². The number of carbonyl (C=O) groups is 1. The summed E-state index contributed by atoms with van der Waals surface area (Å²) in [7, 11) is 0. The first-order chi connectivity index (χ1) is 8.61. The van der Waals surface area contributed by atoms with Crippen LogP contribution in [0.4, 0.5) is 10.7 Å². The molecule has 1 aromatic carbocycles. The van der Waals surface area contributed by atoms with Crippen molar-refractivity contribution in [2.24, 2.45) is 0 Å². The molecule has 2 rings (SSSR count). The van der Waals surface area contributed by atoms with E-state index in [9.17, 15) is 4.79 Å². The SMILES string of the molecule is CCCSc1ccc2[nH]c(NC(=O)O)nc2c1C. The lowest BCUT2D eigenvalue weighted by molar-refractivity contribution is 0.209. The summed E-state index contributed by atoms with van der Waals surface area (Å²) >= 11 is 1.79. The topological polar surface area (TPSA) is 78.0 Å². The Morgan fingerprint density at radius 3 is 3.00 bits per heavy atom. The second-order valence-corrected chi connectivity index (χ2v) is 5.09. The molecular weight excluding hydrogens is 250 g/mol. The fourth-order valence-electron chi connectivity index (χ4n) is 1.72. The summed E-state index contributed by atoms with van der Waals surface area (Å²) in [5, 5.41) is 10.9. The summed E-state index contributed by atoms with van der Waals surface area (Å²) in [5.41, 5.74) is 2.75. The number of thioether (sulfide) groups is 1. The van der Waals surface area contributed by atoms with Gasteiger partial charge in [-0.15, -0.1) is 11.8 Å². The van der Waals surface area contributed by atoms with E-state index in [2.05, 4.69) is 22.2 Å². The van der Waals surface area contributed by atoms with Crippen LogP contribution in [0.5, 0.6) is 0 Å². The number of amides is 1. The van der Waals surface area contributed by atoms with Gasteiger partial charge in [0, 0.05) is 4.90 Å². The summed E-state index contributed by atoms with van der Waals surface area (Å²) in [6.45, 7) is 4.15. The number of hydrogen-bond acceptors (Lipinski definition) is 3. The molecule has 0 saturated carbocycles. The number of aromatic nitrogens is 2. The Kier molecular flexibility index (Phi) is 3.76. The lowest BCUT2D eigenvalue weighted by Crippen LogP contribution is -2.08. The van der Waals surface area contributed by atoms with Crippen molar-refractivity contribution >= 4 is 34.8 Å². The molecule has 3 N–H and O–H groups in total. The number of nitrogens with one attached hydrogen (secondary N) is 2. The zero-order chi connectivity index (χ0) is 13.1. The average molecular weight is 265 g/mol. The maximum absolute atomic E-state index is 10.6. The van der Waals surface area contributed by atoms with Crippen molar-refractivity contribution in [2.75, 3.05) is 11.1 Å². The van der Waals surface area contributed by atoms with E-state index >= 15 is 0 Å². The van der Waals surface area contributed by atoms with E-state index in [-0.39, 0.29) is 5.95 Å². The monoisotopic (exact) mass is 265 g/mol. The van der Waals surface area contributed by atoms with Crippen LogP contribution in [0, 0.1) is 6.92 Å². The van der Waals surface area contributed by atoms with Crippen LogP contribution in [0.2, 0.25) is 0 Å². The fraction of sp³-hybridized carbons (Fsp3) is 0.333. The lowest BCUT2D eigenvalue weighted by Gasteiger charge is -2.04. The van der Waals surface area contributed by atoms with Gasteiger partial charge < -0.3 is 10.1 Å². The van der Waals surface area contributed by atoms with Gasteiger partial charge in [-0.05, 0) is 36.8 Å². The van der Waals surface area contributed by atoms with Gasteiger partial charge in [-0.1, -0.05) is 6.92 Å². The normalized spacial score (nSPS) is 10.8. The number of nitrogens with zero attached hydrogens (tertiary/aromatic N) is 1. The Labute approximate surface area is 109 Å². The second-order valence-electron chi connectivity index (χ2n) is 3.95. The number of hydrogen-bond donors (Lipinski definition) is 3. The molecule has 0 radical (unpaired) electrons. The van der Waals surface area contributed by atoms with Gasteiger partial charge in [0.1, 0.15) is 0 Å². The van der Waals surface area contributed by atoms with Gasteiger partial charge in [0.05, 0.1) is 11.0 Å². The van der Waals surface area contributed by atoms with Gasteiger partial charge in [0.2, 0.25) is 5.95 Å². The Hall–Kier alpha value is -1.69. The van der Waals surface area contributed by atoms with Crippen LogP contribution in [-0.4, -0.2) is 26.9 Å². The second kappa shape index (κ2) is 5.30. The summed E-state index contributed by atoms with van der Waals surface area (Å²) in [6, 6.07) is 3.97. The van der Waals surface area contributed by atoms with E-state index in [1.54, 1.807) is 11.8 Å². The molecule has 2 aromatic rings. The zero-order valence-electron chi connectivity index (χ0n) is 10.3. The van der Waals surface area contributed by atoms with Crippen molar-refractivity contribution in [1.82, 2.24) is 9.97 Å². The highest BCUT2D eigenvalue weighted by Crippen LogP contribution is 2.29. The van der Waals surface area contributed by atoms with Crippen LogP contribution in [0.15, 0.2) is 17.0 Å². The Morgan fingerprint density at radius 2 is 2.33 bits per heavy atom. The van der Waals surface area contributed by atoms with E-state index < -0.39 is 6.09 Å². The van der Waals surface area contributed by atoms with Crippen LogP contribution in [0.1, 0.15) is 18.9 Å². The van der Waals surface area contributed by atoms with Crippen molar-refractivity contribution in [3.63, 3.8) is 0 Å². The van der Waals surface area contributed by atoms with Crippen molar-refractivity contribution in [2.45, 2.75) is 25.2 Å². The van der Waals surface area contributed by atoms with Gasteiger partial charge in [0.15, 0.2) is 0 Å². The molecule has 0 aliphatic heterocycles. The van der Waals surface area contributed by atoms with E-state index in [4.69, 9.17) is 5.11 Å². The predicted molar refractivity (Wildman–Crippen MR) is 73.5 cm³/mol. The Bertz CT molecular complexity index is 580. The van der Waals surface area contributed by atoms with Crippen molar-refractivity contribution in [3.8, 4) is 0 Å². The van der Waals surface area contributed by atoms with Crippen LogP contribution in [-0.2, 0) is 0 Å². The molecule has 0 unspecified atom stereocenters. The van der Waals surface area contributed by atoms with Crippen molar-refractivity contribution in [3.05, 3.63) is 17.7 Å². The molecule has 0 saturated heterocycles. The lowest BCUT2D eigenvalue weighted by atomic mass is 10.2. The Morgan fingerprint density at radius 1 is 1.56 bits per heavy atom. The van der Waals surface area contributed by atoms with Gasteiger partial charge in [-0.2, -0.15) is 0 Å². The third kappa shape index (κ3) is 2.59. The number of anilines is 1. The van der Waals surface area contributed by atoms with Gasteiger partial charge in [0.25, 0.3) is 0 Å². The number of fused-ring (bicyclic) bond motifs is 1. The van der Waals surface area contributed by atoms with E-state index in [0.717, 1.165) is 28.8 Å². The minimum atomic E-state index is -1.12. The highest BCUT2D eigenvalue weighted by molar-refractivity contribution is 7.99. The molecule has 5 nitrogen and oxygen atoms in total. The molecule has 6 heteroatoms. The summed E-state index contributed by atoms with van der Waals surface area (Å²) < 4.78 is 0. The van der Waals surface area contributed by atoms with Crippen LogP contribution >= 0.6 is 11.8 Å². The summed E-state index contributed by atoms with van der Waals surface area (Å²) in [6.07, 6.45) is 0.00132. The first-order valence-electron chi connectivity index (χ1n) is 5.74. The van der Waals surface area contributed by atoms with Crippen LogP contribution in [0.3, 0.4) is 0 Å². The highest BCUT2D eigenvalue weighted by Gasteiger charge is 2.10. The van der Waals surface area contributed by atoms with Gasteiger partial charge >= 0.3 is 6.09 Å². The molecule has 0 bridgehead atoms. The summed E-state index contributed by atoms with van der Waals surface area (Å²) in [5.74, 6) is 1.33. The third-order valence-corrected chi connectivity index (χ3v) is 3.91. The quantitative estimate of drug-likeness (QED) is 0.740. The molecule has 1 heterocycles. The molecule has 96 valence electrons. The Balaban J connectivity index is 2.37. The minimum absolute atomic E-state index is 0.262. The summed E-state index contributed by atoms with van der Waals surface area (Å²) in [4.78, 5) is 19.0. The molecule has 1 aromatic heterocycles. The number of aromatic amines is 1. The number of H-pyrrole nitrogens is 1. The molecule has 0 aliphatic rings. The van der Waals surface area contributed by atoms with Gasteiger partial charge in [-0.3, -0.25) is 5.32 Å². The number of imidazole rings is 1. The van der Waals surface area contributed by atoms with Gasteiger partial charge in [-0.25, -0.2) is 9.78 Å². The molecular formula is C12H15N3O2S. The number of carboxylic acid groups (broad SMARTS) is 1. The molecule has 18 heavy (non-hydrogen) atoms. The number of aryl methyl sites for hydroxylation is 1. The van der Waals surface area contributed by atoms with Crippen molar-refractivity contribution < 1.29 is 9.90 Å². The maximum Gasteiger partial charge on any atom is 0.411 e. The largest absolute Gasteiger partial charge is 0.465 e. The van der Waals surface area contributed by atoms with Crippen LogP contribution in [0.25, 0.3) is 11.0 Å². The number of rotatable bonds is 4. The minimum Gasteiger partial charge on any atom is -0.465 e. The first kappa shape index (κ1) is 12.8. The highest BCUT2D eigenvalue weighted by atomic mass is 32.2. The van der Waals surface area contributed by atoms with E-state index in [1.807, 2.05) is 19.1 Å². The smallest absolute Gasteiger partial charge is 0.411 e. The molecule has 0 spiro atoms. The third-order valence-electron chi connectivity index (χ3n) is 2.54. The number of benzene rings is 1. The predicted octanol–water partition coefficient (Wildman–Crippen LogP) is 3.46. The van der Waals surface area contributed by atoms with Crippen LogP contribution < -0.4 is 5.32 Å². The molecule has 0 aliphatic carbocycles. The van der Waals surface area contributed by atoms with E-state index in [1.165, 1.54) is 4.90 Å². The van der Waals surface area contributed by atoms with Crippen molar-refractivity contribution in [1.29, 1.82) is 0 Å². The molecule has 1 amide bonds. The maximum atomic E-state index is 10.6. The zero-order valence-corrected chi connectivity index (χ0v) is 11.1. The first-order valence-corrected chi connectivity index (χ1v) is 6.72. The standard InChI is InChI=1S/C12H15N3O2S/c1-3-6-18-9-5-4-8-10(7(9)2)14-11(13-8)15-12(16)17/h4-5H,3,6H2,1-2H3,(H,16,17)(H2,13,14,15).